The molecule has 1 aromatic carbocycles. The van der Waals surface area contributed by atoms with E-state index in [2.05, 4.69) is 13.8 Å². The van der Waals surface area contributed by atoms with Crippen molar-refractivity contribution in [3.8, 4) is 0 Å². The average Bonchev–Trinajstić information content (AvgIpc) is 2.59. The molecule has 2 heteroatoms. The van der Waals surface area contributed by atoms with Crippen LogP contribution in [-0.4, -0.2) is 5.11 Å². The van der Waals surface area contributed by atoms with Crippen LogP contribution in [0.15, 0.2) is 24.3 Å². The van der Waals surface area contributed by atoms with E-state index >= 15 is 0 Å². The van der Waals surface area contributed by atoms with Crippen LogP contribution in [0.3, 0.4) is 0 Å². The van der Waals surface area contributed by atoms with Crippen LogP contribution < -0.4 is 0 Å². The van der Waals surface area contributed by atoms with Gasteiger partial charge in [-0.3, -0.25) is 0 Å². The van der Waals surface area contributed by atoms with Gasteiger partial charge in [0.1, 0.15) is 0 Å². The van der Waals surface area contributed by atoms with Crippen LogP contribution in [-0.2, 0) is 0 Å². The predicted octanol–water partition coefficient (Wildman–Crippen LogP) is 4.20. The summed E-state index contributed by atoms with van der Waals surface area (Å²) in [5.74, 6) is 0.356. The fraction of sp³-hybridized carbons (Fsp3) is 0.571. The molecular formula is C14H19ClO. The molecular weight excluding hydrogens is 220 g/mol. The first-order chi connectivity index (χ1) is 7.49. The number of aliphatic hydroxyl groups excluding tert-OH is 1. The zero-order valence-electron chi connectivity index (χ0n) is 9.91. The molecule has 0 amide bonds. The van der Waals surface area contributed by atoms with Gasteiger partial charge in [0.2, 0.25) is 0 Å². The summed E-state index contributed by atoms with van der Waals surface area (Å²) in [5.41, 5.74) is 1.25. The Kier molecular flexibility index (Phi) is 3.27. The second kappa shape index (κ2) is 4.38. The summed E-state index contributed by atoms with van der Waals surface area (Å²) in [6.07, 6.45) is 2.97. The standard InChI is InChI=1S/C14H19ClO/c1-14(2)8-7-10(9-14)13(16)11-5-3-4-6-12(11)15/h3-6,10,13,16H,7-9H2,1-2H3/t10-,13-/m0/s1. The molecule has 0 spiro atoms. The maximum Gasteiger partial charge on any atom is 0.0832 e. The summed E-state index contributed by atoms with van der Waals surface area (Å²) in [6, 6.07) is 7.61. The van der Waals surface area contributed by atoms with E-state index in [9.17, 15) is 5.11 Å². The lowest BCUT2D eigenvalue weighted by Gasteiger charge is -2.22. The molecule has 1 aliphatic carbocycles. The molecule has 1 fully saturated rings. The molecule has 1 nitrogen and oxygen atoms in total. The molecule has 0 unspecified atom stereocenters. The first kappa shape index (κ1) is 11.9. The van der Waals surface area contributed by atoms with Gasteiger partial charge in [-0.1, -0.05) is 43.6 Å². The third kappa shape index (κ3) is 2.41. The van der Waals surface area contributed by atoms with Gasteiger partial charge in [-0.15, -0.1) is 0 Å². The molecule has 2 atom stereocenters. The lowest BCUT2D eigenvalue weighted by Crippen LogP contribution is -2.12. The van der Waals surface area contributed by atoms with Crippen molar-refractivity contribution in [2.75, 3.05) is 0 Å². The van der Waals surface area contributed by atoms with E-state index in [1.165, 1.54) is 6.42 Å². The average molecular weight is 239 g/mol. The molecule has 0 bridgehead atoms. The fourth-order valence-electron chi connectivity index (χ4n) is 2.73. The first-order valence-corrected chi connectivity index (χ1v) is 6.30. The van der Waals surface area contributed by atoms with Gasteiger partial charge in [-0.2, -0.15) is 0 Å². The Balaban J connectivity index is 2.15. The van der Waals surface area contributed by atoms with Crippen molar-refractivity contribution in [3.05, 3.63) is 34.9 Å². The number of benzene rings is 1. The summed E-state index contributed by atoms with van der Waals surface area (Å²) in [7, 11) is 0. The normalized spacial score (nSPS) is 25.6. The minimum atomic E-state index is -0.407. The van der Waals surface area contributed by atoms with E-state index < -0.39 is 6.10 Å². The Morgan fingerprint density at radius 3 is 2.62 bits per heavy atom. The molecule has 1 aromatic rings. The summed E-state index contributed by atoms with van der Waals surface area (Å²) in [4.78, 5) is 0. The molecule has 1 N–H and O–H groups in total. The van der Waals surface area contributed by atoms with Crippen molar-refractivity contribution >= 4 is 11.6 Å². The Labute approximate surface area is 102 Å². The summed E-state index contributed by atoms with van der Waals surface area (Å²) in [6.45, 7) is 4.54. The van der Waals surface area contributed by atoms with E-state index in [0.717, 1.165) is 18.4 Å². The van der Waals surface area contributed by atoms with Crippen molar-refractivity contribution in [1.82, 2.24) is 0 Å². The monoisotopic (exact) mass is 238 g/mol. The van der Waals surface area contributed by atoms with Crippen molar-refractivity contribution < 1.29 is 5.11 Å². The molecule has 0 heterocycles. The van der Waals surface area contributed by atoms with E-state index in [-0.39, 0.29) is 0 Å². The molecule has 16 heavy (non-hydrogen) atoms. The Bertz CT molecular complexity index is 373. The lowest BCUT2D eigenvalue weighted by molar-refractivity contribution is 0.105. The SMILES string of the molecule is CC1(C)CC[C@H]([C@H](O)c2ccccc2Cl)C1. The number of hydrogen-bond donors (Lipinski definition) is 1. The first-order valence-electron chi connectivity index (χ1n) is 5.92. The van der Waals surface area contributed by atoms with Crippen LogP contribution in [0.4, 0.5) is 0 Å². The van der Waals surface area contributed by atoms with Gasteiger partial charge >= 0.3 is 0 Å². The maximum absolute atomic E-state index is 10.3. The fourth-order valence-corrected chi connectivity index (χ4v) is 2.98. The largest absolute Gasteiger partial charge is 0.388 e. The van der Waals surface area contributed by atoms with Crippen LogP contribution in [0.1, 0.15) is 44.8 Å². The second-order valence-corrected chi connectivity index (χ2v) is 6.04. The molecule has 0 radical (unpaired) electrons. The maximum atomic E-state index is 10.3. The molecule has 0 aromatic heterocycles. The second-order valence-electron chi connectivity index (χ2n) is 5.63. The van der Waals surface area contributed by atoms with Crippen molar-refractivity contribution in [1.29, 1.82) is 0 Å². The minimum Gasteiger partial charge on any atom is -0.388 e. The molecule has 1 saturated carbocycles. The van der Waals surface area contributed by atoms with Crippen molar-refractivity contribution in [2.45, 2.75) is 39.2 Å². The minimum absolute atomic E-state index is 0.356. The highest BCUT2D eigenvalue weighted by Gasteiger charge is 2.35. The highest BCUT2D eigenvalue weighted by molar-refractivity contribution is 6.31. The number of hydrogen-bond acceptors (Lipinski definition) is 1. The van der Waals surface area contributed by atoms with Crippen LogP contribution in [0, 0.1) is 11.3 Å². The van der Waals surface area contributed by atoms with E-state index in [1.54, 1.807) is 0 Å². The van der Waals surface area contributed by atoms with Gasteiger partial charge < -0.3 is 5.11 Å². The van der Waals surface area contributed by atoms with Gasteiger partial charge in [0.25, 0.3) is 0 Å². The smallest absolute Gasteiger partial charge is 0.0832 e. The third-order valence-corrected chi connectivity index (χ3v) is 4.02. The highest BCUT2D eigenvalue weighted by atomic mass is 35.5. The molecule has 0 aliphatic heterocycles. The molecule has 2 rings (SSSR count). The van der Waals surface area contributed by atoms with Gasteiger partial charge in [-0.05, 0) is 42.2 Å². The molecule has 88 valence electrons. The van der Waals surface area contributed by atoms with Crippen LogP contribution in [0.5, 0.6) is 0 Å². The van der Waals surface area contributed by atoms with E-state index in [1.807, 2.05) is 24.3 Å². The number of halogens is 1. The molecule has 0 saturated heterocycles. The zero-order valence-corrected chi connectivity index (χ0v) is 10.7. The van der Waals surface area contributed by atoms with Crippen molar-refractivity contribution in [3.63, 3.8) is 0 Å². The Morgan fingerprint density at radius 2 is 2.06 bits per heavy atom. The quantitative estimate of drug-likeness (QED) is 0.819. The van der Waals surface area contributed by atoms with Crippen LogP contribution >= 0.6 is 11.6 Å². The zero-order chi connectivity index (χ0) is 11.8. The Hall–Kier alpha value is -0.530. The topological polar surface area (TPSA) is 20.2 Å². The summed E-state index contributed by atoms with van der Waals surface area (Å²) < 4.78 is 0. The Morgan fingerprint density at radius 1 is 1.38 bits per heavy atom. The summed E-state index contributed by atoms with van der Waals surface area (Å²) >= 11 is 6.11. The van der Waals surface area contributed by atoms with Gasteiger partial charge in [0.05, 0.1) is 6.10 Å². The number of rotatable bonds is 2. The lowest BCUT2D eigenvalue weighted by atomic mass is 9.87. The van der Waals surface area contributed by atoms with Gasteiger partial charge in [-0.25, -0.2) is 0 Å². The van der Waals surface area contributed by atoms with Gasteiger partial charge in [0.15, 0.2) is 0 Å². The number of aliphatic hydroxyl groups is 1. The van der Waals surface area contributed by atoms with E-state index in [0.29, 0.717) is 16.4 Å². The highest BCUT2D eigenvalue weighted by Crippen LogP contribution is 2.46. The third-order valence-electron chi connectivity index (χ3n) is 3.68. The summed E-state index contributed by atoms with van der Waals surface area (Å²) in [5, 5.41) is 11.0. The van der Waals surface area contributed by atoms with Crippen LogP contribution in [0.25, 0.3) is 0 Å². The molecule has 1 aliphatic rings. The van der Waals surface area contributed by atoms with E-state index in [4.69, 9.17) is 11.6 Å². The predicted molar refractivity (Wildman–Crippen MR) is 67.5 cm³/mol. The van der Waals surface area contributed by atoms with Crippen LogP contribution in [0.2, 0.25) is 5.02 Å². The van der Waals surface area contributed by atoms with Crippen molar-refractivity contribution in [2.24, 2.45) is 11.3 Å². The van der Waals surface area contributed by atoms with Gasteiger partial charge in [0, 0.05) is 5.02 Å².